The van der Waals surface area contributed by atoms with E-state index in [0.717, 1.165) is 49.1 Å². The van der Waals surface area contributed by atoms with Gasteiger partial charge in [-0.15, -0.1) is 0 Å². The quantitative estimate of drug-likeness (QED) is 0.622. The molecule has 0 saturated heterocycles. The van der Waals surface area contributed by atoms with E-state index >= 15 is 0 Å². The molecule has 0 bridgehead atoms. The fraction of sp³-hybridized carbons (Fsp3) is 0.391. The zero-order chi connectivity index (χ0) is 20.4. The average molecular weight is 396 g/mol. The number of nitrogens with one attached hydrogen (secondary N) is 2. The van der Waals surface area contributed by atoms with Crippen LogP contribution in [-0.4, -0.2) is 44.5 Å². The molecule has 29 heavy (non-hydrogen) atoms. The molecule has 6 heteroatoms. The van der Waals surface area contributed by atoms with Gasteiger partial charge in [-0.3, -0.25) is 0 Å². The van der Waals surface area contributed by atoms with Crippen molar-refractivity contribution in [2.45, 2.75) is 25.2 Å². The number of fused-ring (bicyclic) bond motifs is 3. The molecule has 1 aromatic heterocycles. The highest BCUT2D eigenvalue weighted by molar-refractivity contribution is 5.85. The average Bonchev–Trinajstić information content (AvgIpc) is 3.14. The summed E-state index contributed by atoms with van der Waals surface area (Å²) in [6.07, 6.45) is 2.77. The Balaban J connectivity index is 1.97. The number of phenols is 1. The van der Waals surface area contributed by atoms with E-state index in [-0.39, 0.29) is 11.7 Å². The summed E-state index contributed by atoms with van der Waals surface area (Å²) in [5, 5.41) is 15.8. The molecule has 3 aromatic rings. The van der Waals surface area contributed by atoms with Crippen molar-refractivity contribution in [2.75, 3.05) is 34.4 Å². The maximum atomic E-state index is 11.0. The van der Waals surface area contributed by atoms with Crippen molar-refractivity contribution in [1.29, 1.82) is 0 Å². The minimum absolute atomic E-state index is 0.0490. The smallest absolute Gasteiger partial charge is 0.203 e. The molecule has 0 amide bonds. The number of benzene rings is 2. The fourth-order valence-electron chi connectivity index (χ4n) is 4.49. The van der Waals surface area contributed by atoms with Crippen molar-refractivity contribution >= 4 is 10.9 Å². The highest BCUT2D eigenvalue weighted by atomic mass is 16.5. The second kappa shape index (κ2) is 8.25. The topological polar surface area (TPSA) is 75.7 Å². The Morgan fingerprint density at radius 2 is 1.79 bits per heavy atom. The van der Waals surface area contributed by atoms with Crippen LogP contribution in [0.5, 0.6) is 23.0 Å². The van der Waals surface area contributed by atoms with Gasteiger partial charge in [0.2, 0.25) is 5.75 Å². The maximum absolute atomic E-state index is 11.0. The first-order valence-electron chi connectivity index (χ1n) is 10.0. The second-order valence-corrected chi connectivity index (χ2v) is 7.34. The lowest BCUT2D eigenvalue weighted by atomic mass is 9.86. The Morgan fingerprint density at radius 1 is 1.00 bits per heavy atom. The van der Waals surface area contributed by atoms with Crippen LogP contribution < -0.4 is 19.5 Å². The number of aromatic nitrogens is 1. The zero-order valence-electron chi connectivity index (χ0n) is 17.2. The molecule has 0 fully saturated rings. The third-order valence-electron chi connectivity index (χ3n) is 5.79. The Labute approximate surface area is 170 Å². The molecular weight excluding hydrogens is 368 g/mol. The Bertz CT molecular complexity index is 1010. The third kappa shape index (κ3) is 3.38. The van der Waals surface area contributed by atoms with Crippen molar-refractivity contribution < 1.29 is 19.3 Å². The number of rotatable bonds is 4. The standard InChI is InChI=1S/C23H28N2O4/c1-27-19-13-18(26)20(23(29-3)22(19)28-2)16-8-6-11-24-12-10-15-14-7-4-5-9-17(14)25-21(15)16/h4-5,7,9,13,16,24-26H,6,8,10-12H2,1-3H3. The summed E-state index contributed by atoms with van der Waals surface area (Å²) in [7, 11) is 4.74. The highest BCUT2D eigenvalue weighted by Crippen LogP contribution is 2.51. The Morgan fingerprint density at radius 3 is 2.55 bits per heavy atom. The Hall–Kier alpha value is -2.86. The molecule has 4 rings (SSSR count). The van der Waals surface area contributed by atoms with E-state index < -0.39 is 0 Å². The van der Waals surface area contributed by atoms with Gasteiger partial charge in [0.15, 0.2) is 11.5 Å². The van der Waals surface area contributed by atoms with Crippen LogP contribution in [0.3, 0.4) is 0 Å². The van der Waals surface area contributed by atoms with Crippen LogP contribution >= 0.6 is 0 Å². The number of methoxy groups -OCH3 is 3. The highest BCUT2D eigenvalue weighted by Gasteiger charge is 2.31. The lowest BCUT2D eigenvalue weighted by Gasteiger charge is -2.24. The normalized spacial score (nSPS) is 17.1. The van der Waals surface area contributed by atoms with Gasteiger partial charge in [-0.2, -0.15) is 0 Å². The van der Waals surface area contributed by atoms with Gasteiger partial charge >= 0.3 is 0 Å². The molecule has 0 radical (unpaired) electrons. The second-order valence-electron chi connectivity index (χ2n) is 7.34. The molecule has 2 aromatic carbocycles. The third-order valence-corrected chi connectivity index (χ3v) is 5.79. The molecule has 1 aliphatic heterocycles. The number of phenolic OH excluding ortho intramolecular Hbond substituents is 1. The first-order valence-corrected chi connectivity index (χ1v) is 10.0. The number of H-pyrrole nitrogens is 1. The molecule has 1 unspecified atom stereocenters. The van der Waals surface area contributed by atoms with E-state index in [9.17, 15) is 5.11 Å². The zero-order valence-corrected chi connectivity index (χ0v) is 17.2. The van der Waals surface area contributed by atoms with E-state index in [4.69, 9.17) is 14.2 Å². The van der Waals surface area contributed by atoms with E-state index in [1.54, 1.807) is 27.4 Å². The number of hydrogen-bond acceptors (Lipinski definition) is 5. The molecule has 0 saturated carbocycles. The molecule has 0 aliphatic carbocycles. The molecule has 6 nitrogen and oxygen atoms in total. The van der Waals surface area contributed by atoms with E-state index in [1.807, 2.05) is 6.07 Å². The number of para-hydroxylation sites is 1. The van der Waals surface area contributed by atoms with Gasteiger partial charge < -0.3 is 29.6 Å². The SMILES string of the molecule is COc1cc(O)c(C2CCCNCCc3c2[nH]c2ccccc32)c(OC)c1OC. The summed E-state index contributed by atoms with van der Waals surface area (Å²) >= 11 is 0. The predicted molar refractivity (Wildman–Crippen MR) is 114 cm³/mol. The predicted octanol–water partition coefficient (Wildman–Crippen LogP) is 3.96. The fourth-order valence-corrected chi connectivity index (χ4v) is 4.49. The number of aromatic amines is 1. The van der Waals surface area contributed by atoms with Crippen LogP contribution in [0.15, 0.2) is 30.3 Å². The molecule has 2 heterocycles. The molecule has 3 N–H and O–H groups in total. The largest absolute Gasteiger partial charge is 0.507 e. The van der Waals surface area contributed by atoms with Crippen LogP contribution in [0.2, 0.25) is 0 Å². The number of ether oxygens (including phenoxy) is 3. The molecule has 0 spiro atoms. The Kier molecular flexibility index (Phi) is 5.53. The van der Waals surface area contributed by atoms with E-state index in [2.05, 4.69) is 28.5 Å². The summed E-state index contributed by atoms with van der Waals surface area (Å²) < 4.78 is 16.7. The maximum Gasteiger partial charge on any atom is 0.203 e. The molecule has 1 atom stereocenters. The van der Waals surface area contributed by atoms with E-state index in [1.165, 1.54) is 10.9 Å². The van der Waals surface area contributed by atoms with Crippen LogP contribution in [-0.2, 0) is 6.42 Å². The van der Waals surface area contributed by atoms with Crippen molar-refractivity contribution in [3.63, 3.8) is 0 Å². The van der Waals surface area contributed by atoms with Gasteiger partial charge in [-0.1, -0.05) is 18.2 Å². The van der Waals surface area contributed by atoms with Crippen LogP contribution in [0.4, 0.5) is 0 Å². The van der Waals surface area contributed by atoms with Gasteiger partial charge in [0.1, 0.15) is 5.75 Å². The first kappa shape index (κ1) is 19.5. The van der Waals surface area contributed by atoms with Crippen LogP contribution in [0.1, 0.15) is 35.6 Å². The number of aromatic hydroxyl groups is 1. The molecular formula is C23H28N2O4. The lowest BCUT2D eigenvalue weighted by molar-refractivity contribution is 0.315. The van der Waals surface area contributed by atoms with Crippen LogP contribution in [0.25, 0.3) is 10.9 Å². The molecule has 1 aliphatic rings. The minimum atomic E-state index is -0.0490. The van der Waals surface area contributed by atoms with Crippen molar-refractivity contribution in [1.82, 2.24) is 10.3 Å². The summed E-state index contributed by atoms with van der Waals surface area (Å²) in [6, 6.07) is 9.99. The molecule has 154 valence electrons. The first-order chi connectivity index (χ1) is 14.2. The van der Waals surface area contributed by atoms with Crippen molar-refractivity contribution in [2.24, 2.45) is 0 Å². The minimum Gasteiger partial charge on any atom is -0.507 e. The lowest BCUT2D eigenvalue weighted by Crippen LogP contribution is -2.17. The summed E-state index contributed by atoms with van der Waals surface area (Å²) in [6.45, 7) is 1.87. The van der Waals surface area contributed by atoms with Gasteiger partial charge in [0.25, 0.3) is 0 Å². The summed E-state index contributed by atoms with van der Waals surface area (Å²) in [5.41, 5.74) is 4.27. The van der Waals surface area contributed by atoms with Gasteiger partial charge in [0, 0.05) is 34.1 Å². The van der Waals surface area contributed by atoms with Gasteiger partial charge in [0.05, 0.1) is 21.3 Å². The van der Waals surface area contributed by atoms with E-state index in [0.29, 0.717) is 17.2 Å². The summed E-state index contributed by atoms with van der Waals surface area (Å²) in [5.74, 6) is 1.57. The monoisotopic (exact) mass is 396 g/mol. The van der Waals surface area contributed by atoms with Gasteiger partial charge in [-0.25, -0.2) is 0 Å². The van der Waals surface area contributed by atoms with Crippen molar-refractivity contribution in [3.05, 3.63) is 47.2 Å². The van der Waals surface area contributed by atoms with Crippen LogP contribution in [0, 0.1) is 0 Å². The number of hydrogen-bond donors (Lipinski definition) is 3. The summed E-state index contributed by atoms with van der Waals surface area (Å²) in [4.78, 5) is 3.64. The van der Waals surface area contributed by atoms with Gasteiger partial charge in [-0.05, 0) is 44.0 Å². The van der Waals surface area contributed by atoms with Crippen molar-refractivity contribution in [3.8, 4) is 23.0 Å².